The highest BCUT2D eigenvalue weighted by Gasteiger charge is 2.36. The number of hydrogen-bond acceptors (Lipinski definition) is 8. The van der Waals surface area contributed by atoms with Crippen molar-refractivity contribution in [2.24, 2.45) is 15.3 Å². The predicted octanol–water partition coefficient (Wildman–Crippen LogP) is 5.52. The van der Waals surface area contributed by atoms with Crippen LogP contribution in [0.5, 0.6) is 0 Å². The minimum atomic E-state index is -0.819. The number of rotatable bonds is 5. The van der Waals surface area contributed by atoms with E-state index >= 15 is 0 Å². The molecule has 1 unspecified atom stereocenters. The maximum Gasteiger partial charge on any atom is 0.282 e. The van der Waals surface area contributed by atoms with Crippen molar-refractivity contribution in [2.45, 2.75) is 33.7 Å². The van der Waals surface area contributed by atoms with Crippen LogP contribution in [0.2, 0.25) is 0 Å². The van der Waals surface area contributed by atoms with Gasteiger partial charge in [-0.3, -0.25) is 14.9 Å². The summed E-state index contributed by atoms with van der Waals surface area (Å²) < 4.78 is 0. The molecule has 0 bridgehead atoms. The number of nitro groups is 1. The van der Waals surface area contributed by atoms with E-state index in [9.17, 15) is 14.9 Å². The van der Waals surface area contributed by atoms with Gasteiger partial charge < -0.3 is 0 Å². The number of benzene rings is 2. The number of carbonyl (C=O) groups excluding carboxylic acids is 1. The van der Waals surface area contributed by atoms with Gasteiger partial charge >= 0.3 is 0 Å². The quantitative estimate of drug-likeness (QED) is 0.290. The number of amides is 1. The van der Waals surface area contributed by atoms with Gasteiger partial charge in [-0.05, 0) is 38.8 Å². The molecule has 10 heteroatoms. The zero-order chi connectivity index (χ0) is 23.0. The minimum absolute atomic E-state index is 0.0228. The Morgan fingerprint density at radius 3 is 2.53 bits per heavy atom. The standard InChI is InChI=1S/C22H20N6O3S/c1-12-8-13(2)19(14(3)9-12)24-25-20-15(4)26-27(21(20)29)22-23-18(11-32-22)16-6-5-7-17(10-16)28(30)31/h5-11,20H,1-4H3. The van der Waals surface area contributed by atoms with E-state index in [1.54, 1.807) is 24.4 Å². The zero-order valence-corrected chi connectivity index (χ0v) is 18.8. The number of aryl methyl sites for hydroxylation is 3. The van der Waals surface area contributed by atoms with Gasteiger partial charge in [0.15, 0.2) is 6.04 Å². The van der Waals surface area contributed by atoms with Gasteiger partial charge in [-0.1, -0.05) is 29.8 Å². The van der Waals surface area contributed by atoms with Gasteiger partial charge in [0, 0.05) is 23.1 Å². The Balaban J connectivity index is 1.57. The fourth-order valence-corrected chi connectivity index (χ4v) is 4.33. The molecule has 1 aliphatic rings. The Bertz CT molecular complexity index is 1270. The summed E-state index contributed by atoms with van der Waals surface area (Å²) in [5.41, 5.74) is 5.49. The molecule has 32 heavy (non-hydrogen) atoms. The van der Waals surface area contributed by atoms with Crippen LogP contribution >= 0.6 is 11.3 Å². The summed E-state index contributed by atoms with van der Waals surface area (Å²) in [6.45, 7) is 7.67. The smallest absolute Gasteiger partial charge is 0.269 e. The molecule has 0 N–H and O–H groups in total. The number of hydrazone groups is 1. The molecule has 1 aromatic heterocycles. The predicted molar refractivity (Wildman–Crippen MR) is 124 cm³/mol. The number of carbonyl (C=O) groups is 1. The highest BCUT2D eigenvalue weighted by molar-refractivity contribution is 7.14. The highest BCUT2D eigenvalue weighted by atomic mass is 32.1. The molecule has 0 saturated carbocycles. The van der Waals surface area contributed by atoms with Crippen LogP contribution in [0, 0.1) is 30.9 Å². The Kier molecular flexibility index (Phi) is 5.62. The van der Waals surface area contributed by atoms with E-state index in [-0.39, 0.29) is 11.6 Å². The van der Waals surface area contributed by atoms with Crippen LogP contribution in [0.25, 0.3) is 11.3 Å². The Labute approximate surface area is 188 Å². The van der Waals surface area contributed by atoms with Crippen molar-refractivity contribution in [1.82, 2.24) is 4.98 Å². The molecule has 0 radical (unpaired) electrons. The van der Waals surface area contributed by atoms with Gasteiger partial charge in [-0.25, -0.2) is 4.98 Å². The SMILES string of the molecule is CC1=NN(c2nc(-c3cccc([N+](=O)[O-])c3)cs2)C(=O)C1N=Nc1c(C)cc(C)cc1C. The van der Waals surface area contributed by atoms with E-state index < -0.39 is 11.0 Å². The Morgan fingerprint density at radius 2 is 1.84 bits per heavy atom. The number of anilines is 1. The Hall–Kier alpha value is -3.79. The maximum absolute atomic E-state index is 13.0. The molecule has 0 saturated heterocycles. The van der Waals surface area contributed by atoms with Gasteiger partial charge in [0.05, 0.1) is 22.0 Å². The normalized spacial score (nSPS) is 16.1. The van der Waals surface area contributed by atoms with E-state index in [2.05, 4.69) is 20.3 Å². The molecule has 1 aliphatic heterocycles. The molecule has 1 amide bonds. The van der Waals surface area contributed by atoms with Crippen LogP contribution in [0.4, 0.5) is 16.5 Å². The highest BCUT2D eigenvalue weighted by Crippen LogP contribution is 2.32. The van der Waals surface area contributed by atoms with Crippen LogP contribution in [0.1, 0.15) is 23.6 Å². The lowest BCUT2D eigenvalue weighted by molar-refractivity contribution is -0.384. The molecular formula is C22H20N6O3S. The monoisotopic (exact) mass is 448 g/mol. The second kappa shape index (κ2) is 8.39. The average molecular weight is 449 g/mol. The molecule has 9 nitrogen and oxygen atoms in total. The van der Waals surface area contributed by atoms with Crippen molar-refractivity contribution < 1.29 is 9.72 Å². The fraction of sp³-hybridized carbons (Fsp3) is 0.227. The van der Waals surface area contributed by atoms with Crippen molar-refractivity contribution in [3.63, 3.8) is 0 Å². The molecule has 1 atom stereocenters. The van der Waals surface area contributed by atoms with E-state index in [1.807, 2.05) is 32.9 Å². The van der Waals surface area contributed by atoms with E-state index in [0.717, 1.165) is 22.4 Å². The third-order valence-corrected chi connectivity index (χ3v) is 5.85. The van der Waals surface area contributed by atoms with Crippen LogP contribution in [-0.4, -0.2) is 27.6 Å². The molecule has 2 heterocycles. The van der Waals surface area contributed by atoms with Crippen molar-refractivity contribution in [1.29, 1.82) is 0 Å². The van der Waals surface area contributed by atoms with Crippen LogP contribution in [-0.2, 0) is 4.79 Å². The average Bonchev–Trinajstić information content (AvgIpc) is 3.33. The van der Waals surface area contributed by atoms with Gasteiger partial charge in [0.1, 0.15) is 0 Å². The molecular weight excluding hydrogens is 428 g/mol. The molecule has 3 aromatic rings. The van der Waals surface area contributed by atoms with E-state index in [4.69, 9.17) is 0 Å². The minimum Gasteiger partial charge on any atom is -0.269 e. The lowest BCUT2D eigenvalue weighted by Crippen LogP contribution is -2.29. The zero-order valence-electron chi connectivity index (χ0n) is 17.9. The number of nitro benzene ring substituents is 1. The first-order chi connectivity index (χ1) is 15.2. The lowest BCUT2D eigenvalue weighted by atomic mass is 10.1. The number of hydrogen-bond donors (Lipinski definition) is 0. The summed E-state index contributed by atoms with van der Waals surface area (Å²) in [5.74, 6) is -0.339. The Morgan fingerprint density at radius 1 is 1.12 bits per heavy atom. The summed E-state index contributed by atoms with van der Waals surface area (Å²) in [6.07, 6.45) is 0. The molecule has 4 rings (SSSR count). The first-order valence-corrected chi connectivity index (χ1v) is 10.7. The first kappa shape index (κ1) is 21.4. The first-order valence-electron chi connectivity index (χ1n) is 9.82. The molecule has 2 aromatic carbocycles. The summed E-state index contributed by atoms with van der Waals surface area (Å²) >= 11 is 1.23. The van der Waals surface area contributed by atoms with Crippen LogP contribution in [0.15, 0.2) is 57.1 Å². The fourth-order valence-electron chi connectivity index (χ4n) is 3.54. The van der Waals surface area contributed by atoms with Crippen LogP contribution < -0.4 is 5.01 Å². The molecule has 0 fully saturated rings. The molecule has 162 valence electrons. The molecule has 0 spiro atoms. The topological polar surface area (TPSA) is 113 Å². The number of azo groups is 1. The maximum atomic E-state index is 13.0. The summed E-state index contributed by atoms with van der Waals surface area (Å²) in [4.78, 5) is 28.0. The van der Waals surface area contributed by atoms with Gasteiger partial charge in [-0.2, -0.15) is 20.3 Å². The number of aromatic nitrogens is 1. The van der Waals surface area contributed by atoms with Crippen molar-refractivity contribution in [3.8, 4) is 11.3 Å². The summed E-state index contributed by atoms with van der Waals surface area (Å²) in [6, 6.07) is 9.42. The number of non-ortho nitro benzene ring substituents is 1. The second-order valence-corrected chi connectivity index (χ2v) is 8.42. The number of thiazole rings is 1. The number of nitrogens with zero attached hydrogens (tertiary/aromatic N) is 6. The largest absolute Gasteiger partial charge is 0.282 e. The van der Waals surface area contributed by atoms with Crippen molar-refractivity contribution in [2.75, 3.05) is 5.01 Å². The van der Waals surface area contributed by atoms with Crippen molar-refractivity contribution >= 4 is 39.5 Å². The van der Waals surface area contributed by atoms with E-state index in [0.29, 0.717) is 22.1 Å². The van der Waals surface area contributed by atoms with Crippen LogP contribution in [0.3, 0.4) is 0 Å². The summed E-state index contributed by atoms with van der Waals surface area (Å²) in [7, 11) is 0. The van der Waals surface area contributed by atoms with Gasteiger partial charge in [0.25, 0.3) is 11.6 Å². The van der Waals surface area contributed by atoms with Crippen molar-refractivity contribution in [3.05, 3.63) is 68.6 Å². The lowest BCUT2D eigenvalue weighted by Gasteiger charge is -2.09. The van der Waals surface area contributed by atoms with E-state index in [1.165, 1.54) is 28.5 Å². The third-order valence-electron chi connectivity index (χ3n) is 5.03. The second-order valence-electron chi connectivity index (χ2n) is 7.58. The van der Waals surface area contributed by atoms with Gasteiger partial charge in [-0.15, -0.1) is 11.3 Å². The molecule has 0 aliphatic carbocycles. The van der Waals surface area contributed by atoms with Gasteiger partial charge in [0.2, 0.25) is 5.13 Å². The third kappa shape index (κ3) is 4.04. The summed E-state index contributed by atoms with van der Waals surface area (Å²) in [5, 5.41) is 27.3.